The van der Waals surface area contributed by atoms with E-state index < -0.39 is 5.91 Å². The van der Waals surface area contributed by atoms with E-state index in [0.717, 1.165) is 16.7 Å². The highest BCUT2D eigenvalue weighted by Crippen LogP contribution is 2.34. The zero-order chi connectivity index (χ0) is 22.0. The Labute approximate surface area is 197 Å². The molecule has 1 aliphatic rings. The average Bonchev–Trinajstić information content (AvgIpc) is 3.29. The summed E-state index contributed by atoms with van der Waals surface area (Å²) in [5.74, 6) is 1.07. The van der Waals surface area contributed by atoms with Crippen molar-refractivity contribution in [2.75, 3.05) is 13.2 Å². The van der Waals surface area contributed by atoms with Gasteiger partial charge in [-0.1, -0.05) is 46.9 Å². The number of furan rings is 1. The van der Waals surface area contributed by atoms with Crippen LogP contribution in [0.15, 0.2) is 63.9 Å². The lowest BCUT2D eigenvalue weighted by atomic mass is 10.2. The summed E-state index contributed by atoms with van der Waals surface area (Å²) in [6.45, 7) is 0.243. The number of para-hydroxylation sites is 1. The maximum Gasteiger partial charge on any atom is 0.293 e. The number of ether oxygens (including phenoxy) is 1. The Balaban J connectivity index is 1.43. The third-order valence-corrected chi connectivity index (χ3v) is 5.99. The number of amides is 2. The predicted octanol–water partition coefficient (Wildman–Crippen LogP) is 7.02. The molecule has 0 aliphatic carbocycles. The van der Waals surface area contributed by atoms with Crippen molar-refractivity contribution >= 4 is 63.8 Å². The second-order valence-electron chi connectivity index (χ2n) is 6.47. The molecule has 1 saturated heterocycles. The number of hydrogen-bond donors (Lipinski definition) is 0. The van der Waals surface area contributed by atoms with Crippen LogP contribution in [0.25, 0.3) is 17.4 Å². The number of hydrogen-bond acceptors (Lipinski definition) is 5. The van der Waals surface area contributed by atoms with Crippen LogP contribution >= 0.6 is 46.6 Å². The van der Waals surface area contributed by atoms with E-state index in [9.17, 15) is 9.59 Å². The van der Waals surface area contributed by atoms with Crippen LogP contribution in [0, 0.1) is 0 Å². The van der Waals surface area contributed by atoms with Crippen LogP contribution < -0.4 is 4.74 Å². The van der Waals surface area contributed by atoms with E-state index in [2.05, 4.69) is 0 Å². The quantitative estimate of drug-likeness (QED) is 0.345. The highest BCUT2D eigenvalue weighted by Gasteiger charge is 2.35. The molecule has 0 atom stereocenters. The van der Waals surface area contributed by atoms with Crippen LogP contribution in [0.1, 0.15) is 5.76 Å². The van der Waals surface area contributed by atoms with Crippen molar-refractivity contribution in [1.82, 2.24) is 4.90 Å². The Morgan fingerprint density at radius 3 is 2.48 bits per heavy atom. The number of halogens is 3. The summed E-state index contributed by atoms with van der Waals surface area (Å²) < 4.78 is 11.4. The molecule has 9 heteroatoms. The van der Waals surface area contributed by atoms with Crippen molar-refractivity contribution in [1.29, 1.82) is 0 Å². The van der Waals surface area contributed by atoms with E-state index in [-0.39, 0.29) is 23.3 Å². The number of imide groups is 1. The van der Waals surface area contributed by atoms with Gasteiger partial charge in [-0.05, 0) is 54.2 Å². The summed E-state index contributed by atoms with van der Waals surface area (Å²) in [7, 11) is 0. The molecular weight excluding hydrogens is 481 g/mol. The first-order valence-electron chi connectivity index (χ1n) is 9.10. The minimum Gasteiger partial charge on any atom is -0.490 e. The Hall–Kier alpha value is -2.38. The lowest BCUT2D eigenvalue weighted by Crippen LogP contribution is -2.32. The van der Waals surface area contributed by atoms with Crippen LogP contribution in [0.3, 0.4) is 0 Å². The van der Waals surface area contributed by atoms with Gasteiger partial charge >= 0.3 is 0 Å². The van der Waals surface area contributed by atoms with Gasteiger partial charge in [0.25, 0.3) is 11.1 Å². The molecule has 0 unspecified atom stereocenters. The molecule has 158 valence electrons. The first kappa shape index (κ1) is 21.8. The van der Waals surface area contributed by atoms with Crippen molar-refractivity contribution < 1.29 is 18.7 Å². The molecule has 1 aliphatic heterocycles. The molecule has 0 saturated carbocycles. The van der Waals surface area contributed by atoms with Gasteiger partial charge in [-0.25, -0.2) is 0 Å². The van der Waals surface area contributed by atoms with E-state index in [4.69, 9.17) is 44.0 Å². The topological polar surface area (TPSA) is 59.8 Å². The number of rotatable bonds is 6. The molecule has 0 spiro atoms. The smallest absolute Gasteiger partial charge is 0.293 e. The van der Waals surface area contributed by atoms with Crippen LogP contribution in [0.5, 0.6) is 5.75 Å². The highest BCUT2D eigenvalue weighted by molar-refractivity contribution is 8.18. The molecule has 3 aromatic rings. The lowest BCUT2D eigenvalue weighted by molar-refractivity contribution is -0.123. The van der Waals surface area contributed by atoms with E-state index in [1.54, 1.807) is 54.6 Å². The zero-order valence-electron chi connectivity index (χ0n) is 15.8. The molecule has 5 nitrogen and oxygen atoms in total. The van der Waals surface area contributed by atoms with E-state index in [1.165, 1.54) is 6.08 Å². The molecule has 31 heavy (non-hydrogen) atoms. The Kier molecular flexibility index (Phi) is 6.62. The molecule has 2 heterocycles. The fourth-order valence-corrected chi connectivity index (χ4v) is 4.47. The minimum atomic E-state index is -0.401. The monoisotopic (exact) mass is 493 g/mol. The fourth-order valence-electron chi connectivity index (χ4n) is 2.91. The van der Waals surface area contributed by atoms with Gasteiger partial charge in [-0.15, -0.1) is 0 Å². The van der Waals surface area contributed by atoms with Gasteiger partial charge < -0.3 is 9.15 Å². The summed E-state index contributed by atoms with van der Waals surface area (Å²) >= 11 is 19.0. The van der Waals surface area contributed by atoms with Gasteiger partial charge in [-0.3, -0.25) is 14.5 Å². The Morgan fingerprint density at radius 1 is 1.00 bits per heavy atom. The van der Waals surface area contributed by atoms with Crippen LogP contribution in [-0.2, 0) is 4.79 Å². The number of carbonyl (C=O) groups is 2. The van der Waals surface area contributed by atoms with E-state index >= 15 is 0 Å². The van der Waals surface area contributed by atoms with Crippen molar-refractivity contribution in [2.24, 2.45) is 0 Å². The van der Waals surface area contributed by atoms with Gasteiger partial charge in [0, 0.05) is 21.7 Å². The summed E-state index contributed by atoms with van der Waals surface area (Å²) in [5, 5.41) is 1.07. The Bertz CT molecular complexity index is 1170. The van der Waals surface area contributed by atoms with Crippen molar-refractivity contribution in [3.05, 3.63) is 80.3 Å². The molecule has 2 aromatic carbocycles. The lowest BCUT2D eigenvalue weighted by Gasteiger charge is -2.13. The van der Waals surface area contributed by atoms with Gasteiger partial charge in [0.05, 0.1) is 16.5 Å². The number of thioether (sulfide) groups is 1. The standard InChI is InChI=1S/C22H14Cl3NO4S/c23-14-9-13(10-15(24)11-14)18-6-5-16(30-18)12-20-21(27)26(22(28)31-20)7-8-29-19-4-2-1-3-17(19)25/h1-6,9-12H,7-8H2/b20-12-. The summed E-state index contributed by atoms with van der Waals surface area (Å²) in [6.07, 6.45) is 1.54. The van der Waals surface area contributed by atoms with Gasteiger partial charge in [-0.2, -0.15) is 0 Å². The van der Waals surface area contributed by atoms with Crippen molar-refractivity contribution in [2.45, 2.75) is 0 Å². The molecule has 0 radical (unpaired) electrons. The van der Waals surface area contributed by atoms with Gasteiger partial charge in [0.15, 0.2) is 0 Å². The number of benzene rings is 2. The zero-order valence-corrected chi connectivity index (χ0v) is 18.9. The molecule has 2 amide bonds. The summed E-state index contributed by atoms with van der Waals surface area (Å²) in [4.78, 5) is 26.3. The van der Waals surface area contributed by atoms with Crippen molar-refractivity contribution in [3.63, 3.8) is 0 Å². The van der Waals surface area contributed by atoms with Gasteiger partial charge in [0.1, 0.15) is 23.9 Å². The average molecular weight is 495 g/mol. The molecular formula is C22H14Cl3NO4S. The number of carbonyl (C=O) groups excluding carboxylic acids is 2. The largest absolute Gasteiger partial charge is 0.490 e. The SMILES string of the molecule is O=C1S/C(=C\c2ccc(-c3cc(Cl)cc(Cl)c3)o2)C(=O)N1CCOc1ccccc1Cl. The summed E-state index contributed by atoms with van der Waals surface area (Å²) in [5.41, 5.74) is 0.710. The molecule has 0 bridgehead atoms. The molecule has 1 fully saturated rings. The first-order valence-corrected chi connectivity index (χ1v) is 11.0. The normalized spacial score (nSPS) is 15.2. The maximum absolute atomic E-state index is 12.7. The van der Waals surface area contributed by atoms with Crippen LogP contribution in [0.4, 0.5) is 4.79 Å². The summed E-state index contributed by atoms with van der Waals surface area (Å²) in [6, 6.07) is 15.5. The first-order chi connectivity index (χ1) is 14.9. The van der Waals surface area contributed by atoms with Crippen LogP contribution in [-0.4, -0.2) is 29.2 Å². The van der Waals surface area contributed by atoms with Crippen molar-refractivity contribution in [3.8, 4) is 17.1 Å². The van der Waals surface area contributed by atoms with Crippen LogP contribution in [0.2, 0.25) is 15.1 Å². The minimum absolute atomic E-state index is 0.109. The highest BCUT2D eigenvalue weighted by atomic mass is 35.5. The molecule has 1 aromatic heterocycles. The van der Waals surface area contributed by atoms with E-state index in [0.29, 0.717) is 37.9 Å². The molecule has 0 N–H and O–H groups in total. The third kappa shape index (κ3) is 5.10. The predicted molar refractivity (Wildman–Crippen MR) is 124 cm³/mol. The number of nitrogens with zero attached hydrogens (tertiary/aromatic N) is 1. The third-order valence-electron chi connectivity index (χ3n) is 4.33. The molecule has 4 rings (SSSR count). The Morgan fingerprint density at radius 2 is 1.74 bits per heavy atom. The second-order valence-corrected chi connectivity index (χ2v) is 8.75. The second kappa shape index (κ2) is 9.40. The fraction of sp³-hybridized carbons (Fsp3) is 0.0909. The van der Waals surface area contributed by atoms with Gasteiger partial charge in [0.2, 0.25) is 0 Å². The van der Waals surface area contributed by atoms with E-state index in [1.807, 2.05) is 0 Å². The maximum atomic E-state index is 12.7.